The fraction of sp³-hybridized carbons (Fsp3) is 0.903. The summed E-state index contributed by atoms with van der Waals surface area (Å²) in [5.74, 6) is 0. The molecule has 0 spiro atoms. The molecule has 0 saturated carbocycles. The molecule has 0 aliphatic carbocycles. The highest BCUT2D eigenvalue weighted by atomic mass is 28.4. The number of ether oxygens (including phenoxy) is 2. The lowest BCUT2D eigenvalue weighted by Crippen LogP contribution is -2.50. The molecule has 24 heteroatoms. The van der Waals surface area contributed by atoms with E-state index < -0.39 is 44.7 Å². The molecule has 2 aliphatic heterocycles. The van der Waals surface area contributed by atoms with Crippen LogP contribution < -0.4 is 16.0 Å². The van der Waals surface area contributed by atoms with E-state index in [-0.39, 0.29) is 72.6 Å². The van der Waals surface area contributed by atoms with Crippen LogP contribution in [0.15, 0.2) is 0 Å². The van der Waals surface area contributed by atoms with Gasteiger partial charge in [0.1, 0.15) is 13.2 Å². The van der Waals surface area contributed by atoms with Gasteiger partial charge < -0.3 is 85.7 Å². The highest BCUT2D eigenvalue weighted by molar-refractivity contribution is 6.61. The molecule has 0 atom stereocenters. The van der Waals surface area contributed by atoms with Crippen molar-refractivity contribution in [2.75, 3.05) is 112 Å². The Morgan fingerprint density at radius 2 is 0.982 bits per heavy atom. The van der Waals surface area contributed by atoms with E-state index in [0.29, 0.717) is 96.2 Å². The number of hydrogen-bond donors (Lipinski definition) is 7. The smallest absolute Gasteiger partial charge is 0.465 e. The summed E-state index contributed by atoms with van der Waals surface area (Å²) in [7, 11) is -9.42. The number of alkyl carbamates (subject to hydrolysis) is 2. The van der Waals surface area contributed by atoms with E-state index in [9.17, 15) is 19.5 Å². The molecule has 2 aliphatic rings. The number of nitrogens with one attached hydrogen (secondary N) is 3. The minimum atomic E-state index is -3.41. The molecule has 0 unspecified atom stereocenters. The lowest BCUT2D eigenvalue weighted by atomic mass is 10.5. The Labute approximate surface area is 325 Å². The van der Waals surface area contributed by atoms with Gasteiger partial charge >= 0.3 is 44.7 Å². The van der Waals surface area contributed by atoms with E-state index in [2.05, 4.69) is 16.0 Å². The molecule has 0 aromatic heterocycles. The lowest BCUT2D eigenvalue weighted by molar-refractivity contribution is 0.0108. The molecule has 0 bridgehead atoms. The maximum Gasteiger partial charge on any atom is 0.501 e. The van der Waals surface area contributed by atoms with Crippen LogP contribution >= 0.6 is 0 Å². The summed E-state index contributed by atoms with van der Waals surface area (Å²) < 4.78 is 65.0. The van der Waals surface area contributed by atoms with Crippen molar-refractivity contribution in [3.8, 4) is 0 Å². The standard InChI is InChI=1S/C31H63N3O18Si3/c35-12-4-15-44-53(26-1-9-32-29(38)39,45-16-5-18-47-54(49-20-7-21-50-54)27-2-10-33-30(40)42-24-13-36)46-17-6-19-48-55(51-22-8-23-52-55)28-3-11-34-31(41)43-25-14-37/h32,35-37H,1-28H2,(H,33,40)(H,34,41)(H,38,39). The van der Waals surface area contributed by atoms with Gasteiger partial charge in [-0.2, -0.15) is 0 Å². The van der Waals surface area contributed by atoms with E-state index in [1.165, 1.54) is 0 Å². The number of carbonyl (C=O) groups is 3. The van der Waals surface area contributed by atoms with E-state index in [1.807, 2.05) is 0 Å². The van der Waals surface area contributed by atoms with Crippen molar-refractivity contribution in [3.63, 3.8) is 0 Å². The molecule has 2 fully saturated rings. The zero-order valence-corrected chi connectivity index (χ0v) is 34.8. The number of rotatable bonds is 32. The molecule has 322 valence electrons. The van der Waals surface area contributed by atoms with Gasteiger partial charge in [-0.3, -0.25) is 0 Å². The van der Waals surface area contributed by atoms with E-state index in [1.54, 1.807) is 0 Å². The highest BCUT2D eigenvalue weighted by Crippen LogP contribution is 2.25. The fourth-order valence-corrected chi connectivity index (χ4v) is 13.2. The van der Waals surface area contributed by atoms with E-state index in [4.69, 9.17) is 64.6 Å². The van der Waals surface area contributed by atoms with Crippen LogP contribution in [-0.2, 0) is 49.3 Å². The molecule has 2 saturated heterocycles. The first-order valence-electron chi connectivity index (χ1n) is 19.1. The van der Waals surface area contributed by atoms with Gasteiger partial charge in [0.2, 0.25) is 0 Å². The summed E-state index contributed by atoms with van der Waals surface area (Å²) in [6.07, 6.45) is 1.83. The molecular weight excluding hydrogens is 787 g/mol. The van der Waals surface area contributed by atoms with Crippen molar-refractivity contribution < 1.29 is 84.1 Å². The minimum Gasteiger partial charge on any atom is -0.465 e. The monoisotopic (exact) mass is 849 g/mol. The van der Waals surface area contributed by atoms with Crippen LogP contribution in [0.2, 0.25) is 18.1 Å². The van der Waals surface area contributed by atoms with Crippen LogP contribution in [0.4, 0.5) is 14.4 Å². The van der Waals surface area contributed by atoms with Crippen LogP contribution in [-0.4, -0.2) is 177 Å². The number of carbonyl (C=O) groups excluding carboxylic acids is 2. The molecule has 7 N–H and O–H groups in total. The Kier molecular flexibility index (Phi) is 26.9. The average Bonchev–Trinajstić information content (AvgIpc) is 3.18. The van der Waals surface area contributed by atoms with Crippen molar-refractivity contribution in [1.82, 2.24) is 16.0 Å². The van der Waals surface area contributed by atoms with Crippen molar-refractivity contribution in [1.29, 1.82) is 0 Å². The van der Waals surface area contributed by atoms with Gasteiger partial charge in [0.25, 0.3) is 0 Å². The maximum atomic E-state index is 11.7. The van der Waals surface area contributed by atoms with Gasteiger partial charge in [-0.25, -0.2) is 14.4 Å². The second-order valence-corrected chi connectivity index (χ2v) is 20.5. The second-order valence-electron chi connectivity index (χ2n) is 12.3. The number of carboxylic acid groups (broad SMARTS) is 1. The Morgan fingerprint density at radius 3 is 1.40 bits per heavy atom. The van der Waals surface area contributed by atoms with Crippen molar-refractivity contribution in [2.45, 2.75) is 69.5 Å². The molecule has 21 nitrogen and oxygen atoms in total. The van der Waals surface area contributed by atoms with Crippen LogP contribution in [0.1, 0.15) is 51.4 Å². The number of amides is 3. The number of aliphatic hydroxyl groups excluding tert-OH is 3. The first-order valence-corrected chi connectivity index (χ1v) is 24.9. The molecule has 0 radical (unpaired) electrons. The number of hydrogen-bond acceptors (Lipinski definition) is 17. The SMILES string of the molecule is O=C(O)NCCC[Si](OCCCO)(OCCCO[Si]1(CCCNC(=O)OCCO)OCCCO1)OCCCO[Si]1(CCCNC(=O)OCCO)OCCCO1. The Balaban J connectivity index is 1.93. The van der Waals surface area contributed by atoms with Gasteiger partial charge in [-0.1, -0.05) is 0 Å². The quantitative estimate of drug-likeness (QED) is 0.0364. The van der Waals surface area contributed by atoms with Gasteiger partial charge in [-0.15, -0.1) is 0 Å². The zero-order chi connectivity index (χ0) is 39.9. The third-order valence-electron chi connectivity index (χ3n) is 7.80. The zero-order valence-electron chi connectivity index (χ0n) is 31.8. The summed E-state index contributed by atoms with van der Waals surface area (Å²) in [6, 6.07) is 1.28. The molecular formula is C31H63N3O18Si3. The fourth-order valence-electron chi connectivity index (χ4n) is 5.24. The molecule has 3 amide bonds. The maximum absolute atomic E-state index is 11.7. The molecule has 0 aromatic carbocycles. The molecule has 0 aromatic rings. The molecule has 2 heterocycles. The van der Waals surface area contributed by atoms with E-state index >= 15 is 0 Å². The highest BCUT2D eigenvalue weighted by Gasteiger charge is 2.45. The lowest BCUT2D eigenvalue weighted by Gasteiger charge is -2.34. The topological polar surface area (TPSA) is 270 Å². The van der Waals surface area contributed by atoms with Crippen molar-refractivity contribution in [3.05, 3.63) is 0 Å². The third kappa shape index (κ3) is 22.5. The van der Waals surface area contributed by atoms with Crippen LogP contribution in [0, 0.1) is 0 Å². The van der Waals surface area contributed by atoms with Crippen molar-refractivity contribution >= 4 is 44.7 Å². The Hall–Kier alpha value is -2.02. The van der Waals surface area contributed by atoms with Gasteiger partial charge in [0.15, 0.2) is 0 Å². The average molecular weight is 850 g/mol. The molecule has 55 heavy (non-hydrogen) atoms. The molecule has 2 rings (SSSR count). The van der Waals surface area contributed by atoms with E-state index in [0.717, 1.165) is 12.8 Å². The summed E-state index contributed by atoms with van der Waals surface area (Å²) in [5.41, 5.74) is 0. The summed E-state index contributed by atoms with van der Waals surface area (Å²) in [6.45, 7) is 3.18. The Bertz CT molecular complexity index is 970. The van der Waals surface area contributed by atoms with Crippen LogP contribution in [0.3, 0.4) is 0 Å². The van der Waals surface area contributed by atoms with Gasteiger partial charge in [0.05, 0.1) is 13.2 Å². The minimum absolute atomic E-state index is 0.0838. The van der Waals surface area contributed by atoms with Gasteiger partial charge in [-0.05, 0) is 51.4 Å². The Morgan fingerprint density at radius 1 is 0.545 bits per heavy atom. The largest absolute Gasteiger partial charge is 0.501 e. The number of aliphatic hydroxyl groups is 3. The predicted molar refractivity (Wildman–Crippen MR) is 198 cm³/mol. The van der Waals surface area contributed by atoms with Crippen LogP contribution in [0.5, 0.6) is 0 Å². The summed E-state index contributed by atoms with van der Waals surface area (Å²) in [4.78, 5) is 34.5. The first kappa shape index (κ1) is 49.1. The third-order valence-corrected chi connectivity index (χ3v) is 16.5. The normalized spacial score (nSPS) is 16.6. The van der Waals surface area contributed by atoms with Crippen molar-refractivity contribution in [2.24, 2.45) is 0 Å². The predicted octanol–water partition coefficient (Wildman–Crippen LogP) is 0.797. The second kappa shape index (κ2) is 30.1. The van der Waals surface area contributed by atoms with Crippen LogP contribution in [0.25, 0.3) is 0 Å². The summed E-state index contributed by atoms with van der Waals surface area (Å²) in [5, 5.41) is 43.7. The summed E-state index contributed by atoms with van der Waals surface area (Å²) >= 11 is 0. The van der Waals surface area contributed by atoms with Gasteiger partial charge in [0, 0.05) is 104 Å². The first-order chi connectivity index (χ1) is 26.7.